The van der Waals surface area contributed by atoms with Gasteiger partial charge in [-0.2, -0.15) is 0 Å². The average molecular weight is 495 g/mol. The Morgan fingerprint density at radius 1 is 1.09 bits per heavy atom. The van der Waals surface area contributed by atoms with Crippen molar-refractivity contribution in [1.29, 1.82) is 0 Å². The molecule has 0 atom stereocenters. The maximum Gasteiger partial charge on any atom is 0.251 e. The largest absolute Gasteiger partial charge is 0.497 e. The predicted octanol–water partition coefficient (Wildman–Crippen LogP) is 3.35. The van der Waals surface area contributed by atoms with Crippen LogP contribution in [0.2, 0.25) is 0 Å². The molecule has 2 heterocycles. The molecule has 1 saturated heterocycles. The van der Waals surface area contributed by atoms with E-state index in [4.69, 9.17) is 4.74 Å². The molecule has 1 aliphatic rings. The van der Waals surface area contributed by atoms with Gasteiger partial charge in [-0.05, 0) is 62.0 Å². The van der Waals surface area contributed by atoms with Gasteiger partial charge in [0.2, 0.25) is 0 Å². The maximum absolute atomic E-state index is 13.0. The predicted molar refractivity (Wildman–Crippen MR) is 143 cm³/mol. The molecule has 1 aliphatic heterocycles. The van der Waals surface area contributed by atoms with Gasteiger partial charge in [0, 0.05) is 55.1 Å². The lowest BCUT2D eigenvalue weighted by Gasteiger charge is -2.32. The number of hydrogen-bond acceptors (Lipinski definition) is 6. The van der Waals surface area contributed by atoms with Crippen LogP contribution in [0.4, 0.5) is 0 Å². The van der Waals surface area contributed by atoms with Gasteiger partial charge in [-0.15, -0.1) is 11.8 Å². The Kier molecular flexibility index (Phi) is 8.49. The van der Waals surface area contributed by atoms with Crippen LogP contribution in [0.1, 0.15) is 28.8 Å². The first-order chi connectivity index (χ1) is 17.0. The Morgan fingerprint density at radius 2 is 1.83 bits per heavy atom. The summed E-state index contributed by atoms with van der Waals surface area (Å²) in [6.45, 7) is 4.23. The number of likely N-dealkylation sites (tertiary alicyclic amines) is 1. The van der Waals surface area contributed by atoms with E-state index in [-0.39, 0.29) is 11.5 Å². The summed E-state index contributed by atoms with van der Waals surface area (Å²) in [6, 6.07) is 16.2. The van der Waals surface area contributed by atoms with Crippen molar-refractivity contribution >= 4 is 28.6 Å². The van der Waals surface area contributed by atoms with Crippen LogP contribution in [0.5, 0.6) is 5.75 Å². The van der Waals surface area contributed by atoms with Crippen LogP contribution in [0, 0.1) is 0 Å². The second kappa shape index (κ2) is 11.7. The fourth-order valence-electron chi connectivity index (χ4n) is 4.65. The minimum Gasteiger partial charge on any atom is -0.497 e. The third-order valence-electron chi connectivity index (χ3n) is 6.77. The first-order valence-electron chi connectivity index (χ1n) is 12.0. The van der Waals surface area contributed by atoms with Crippen molar-refractivity contribution < 1.29 is 9.53 Å². The number of aromatic nitrogens is 1. The highest BCUT2D eigenvalue weighted by atomic mass is 32.2. The molecule has 2 N–H and O–H groups in total. The summed E-state index contributed by atoms with van der Waals surface area (Å²) in [5, 5.41) is 7.07. The molecule has 7 nitrogen and oxygen atoms in total. The van der Waals surface area contributed by atoms with Crippen LogP contribution in [0.25, 0.3) is 10.9 Å². The minimum atomic E-state index is -0.265. The molecule has 1 amide bonds. The topological polar surface area (TPSA) is 75.6 Å². The fraction of sp³-hybridized carbons (Fsp3) is 0.407. The van der Waals surface area contributed by atoms with Crippen LogP contribution in [-0.2, 0) is 13.1 Å². The van der Waals surface area contributed by atoms with Gasteiger partial charge < -0.3 is 24.8 Å². The molecule has 2 aromatic carbocycles. The van der Waals surface area contributed by atoms with Crippen LogP contribution >= 0.6 is 11.8 Å². The number of carbonyl (C=O) groups is 1. The van der Waals surface area contributed by atoms with E-state index in [0.29, 0.717) is 23.9 Å². The standard InChI is InChI=1S/C27H34N4O3S/c1-28-27(33)24-17-26(32)31(25-16-21(34-2)6-9-23(24)25)15-14-30-12-10-20(11-13-30)29-18-19-4-7-22(35-3)8-5-19/h4-9,16-17,20,29H,10-15,18H2,1-3H3,(H,28,33). The average Bonchev–Trinajstić information content (AvgIpc) is 2.91. The molecule has 0 radical (unpaired) electrons. The number of methoxy groups -OCH3 is 1. The molecule has 8 heteroatoms. The van der Waals surface area contributed by atoms with Gasteiger partial charge in [0.1, 0.15) is 5.75 Å². The molecular formula is C27H34N4O3S. The number of piperidine rings is 1. The van der Waals surface area contributed by atoms with Gasteiger partial charge >= 0.3 is 0 Å². The van der Waals surface area contributed by atoms with E-state index in [2.05, 4.69) is 46.1 Å². The van der Waals surface area contributed by atoms with Gasteiger partial charge in [0.15, 0.2) is 0 Å². The summed E-state index contributed by atoms with van der Waals surface area (Å²) in [7, 11) is 3.17. The summed E-state index contributed by atoms with van der Waals surface area (Å²) in [5.74, 6) is 0.397. The highest BCUT2D eigenvalue weighted by Crippen LogP contribution is 2.23. The van der Waals surface area contributed by atoms with Crippen molar-refractivity contribution in [2.24, 2.45) is 0 Å². The normalized spacial score (nSPS) is 14.8. The molecule has 0 spiro atoms. The number of ether oxygens (including phenoxy) is 1. The molecule has 0 aliphatic carbocycles. The van der Waals surface area contributed by atoms with Crippen molar-refractivity contribution in [2.45, 2.75) is 36.9 Å². The summed E-state index contributed by atoms with van der Waals surface area (Å²) < 4.78 is 7.14. The van der Waals surface area contributed by atoms with Gasteiger partial charge in [-0.25, -0.2) is 0 Å². The Bertz CT molecular complexity index is 1220. The molecule has 0 saturated carbocycles. The number of hydrogen-bond donors (Lipinski definition) is 2. The highest BCUT2D eigenvalue weighted by Gasteiger charge is 2.20. The van der Waals surface area contributed by atoms with Crippen molar-refractivity contribution in [2.75, 3.05) is 40.0 Å². The first kappa shape index (κ1) is 25.3. The second-order valence-electron chi connectivity index (χ2n) is 8.85. The van der Waals surface area contributed by atoms with Gasteiger partial charge in [-0.3, -0.25) is 9.59 Å². The lowest BCUT2D eigenvalue weighted by atomic mass is 10.0. The molecule has 1 fully saturated rings. The first-order valence-corrected chi connectivity index (χ1v) is 13.3. The van der Waals surface area contributed by atoms with Crippen LogP contribution in [-0.4, -0.2) is 61.5 Å². The number of nitrogens with zero attached hydrogens (tertiary/aromatic N) is 2. The number of carbonyl (C=O) groups excluding carboxylic acids is 1. The summed E-state index contributed by atoms with van der Waals surface area (Å²) in [4.78, 5) is 29.0. The molecule has 0 bridgehead atoms. The third-order valence-corrected chi connectivity index (χ3v) is 7.52. The SMILES string of the molecule is CNC(=O)c1cc(=O)n(CCN2CCC(NCc3ccc(SC)cc3)CC2)c2cc(OC)ccc12. The van der Waals surface area contributed by atoms with E-state index in [1.807, 2.05) is 18.2 Å². The van der Waals surface area contributed by atoms with E-state index < -0.39 is 0 Å². The van der Waals surface area contributed by atoms with Crippen molar-refractivity contribution in [3.63, 3.8) is 0 Å². The summed E-state index contributed by atoms with van der Waals surface area (Å²) in [5.41, 5.74) is 2.25. The molecule has 35 heavy (non-hydrogen) atoms. The van der Waals surface area contributed by atoms with E-state index in [9.17, 15) is 9.59 Å². The summed E-state index contributed by atoms with van der Waals surface area (Å²) in [6.07, 6.45) is 4.26. The van der Waals surface area contributed by atoms with Crippen LogP contribution in [0.15, 0.2) is 58.2 Å². The molecule has 186 valence electrons. The monoisotopic (exact) mass is 494 g/mol. The quantitative estimate of drug-likeness (QED) is 0.445. The van der Waals surface area contributed by atoms with Gasteiger partial charge in [-0.1, -0.05) is 12.1 Å². The molecule has 1 aromatic heterocycles. The van der Waals surface area contributed by atoms with E-state index in [0.717, 1.165) is 49.9 Å². The summed E-state index contributed by atoms with van der Waals surface area (Å²) >= 11 is 1.76. The Hall–Kier alpha value is -2.81. The Morgan fingerprint density at radius 3 is 2.49 bits per heavy atom. The number of fused-ring (bicyclic) bond motifs is 1. The second-order valence-corrected chi connectivity index (χ2v) is 9.73. The minimum absolute atomic E-state index is 0.173. The Balaban J connectivity index is 1.38. The van der Waals surface area contributed by atoms with E-state index in [1.165, 1.54) is 16.5 Å². The van der Waals surface area contributed by atoms with Crippen molar-refractivity contribution in [3.05, 3.63) is 70.0 Å². The lowest BCUT2D eigenvalue weighted by molar-refractivity contribution is 0.0964. The number of benzene rings is 2. The van der Waals surface area contributed by atoms with Crippen molar-refractivity contribution in [1.82, 2.24) is 20.1 Å². The molecule has 3 aromatic rings. The fourth-order valence-corrected chi connectivity index (χ4v) is 5.06. The van der Waals surface area contributed by atoms with E-state index >= 15 is 0 Å². The zero-order valence-electron chi connectivity index (χ0n) is 20.7. The zero-order valence-corrected chi connectivity index (χ0v) is 21.5. The zero-order chi connectivity index (χ0) is 24.8. The smallest absolute Gasteiger partial charge is 0.251 e. The van der Waals surface area contributed by atoms with Crippen LogP contribution in [0.3, 0.4) is 0 Å². The lowest BCUT2D eigenvalue weighted by Crippen LogP contribution is -2.43. The van der Waals surface area contributed by atoms with Crippen LogP contribution < -0.4 is 20.9 Å². The number of rotatable bonds is 9. The highest BCUT2D eigenvalue weighted by molar-refractivity contribution is 7.98. The Labute approximate surface area is 210 Å². The third kappa shape index (κ3) is 6.07. The molecule has 4 rings (SSSR count). The van der Waals surface area contributed by atoms with Crippen molar-refractivity contribution in [3.8, 4) is 5.75 Å². The molecule has 0 unspecified atom stereocenters. The van der Waals surface area contributed by atoms with Gasteiger partial charge in [0.25, 0.3) is 11.5 Å². The number of pyridine rings is 1. The number of amides is 1. The maximum atomic E-state index is 13.0. The van der Waals surface area contributed by atoms with Gasteiger partial charge in [0.05, 0.1) is 18.2 Å². The molecular weight excluding hydrogens is 460 g/mol. The number of nitrogens with one attached hydrogen (secondary N) is 2. The number of thioether (sulfide) groups is 1. The van der Waals surface area contributed by atoms with E-state index in [1.54, 1.807) is 30.5 Å².